The summed E-state index contributed by atoms with van der Waals surface area (Å²) in [4.78, 5) is 15.1. The van der Waals surface area contributed by atoms with Gasteiger partial charge in [-0.1, -0.05) is 54.1 Å². The molecule has 2 aliphatic rings. The first kappa shape index (κ1) is 20.9. The maximum Gasteiger partial charge on any atom is 0.226 e. The van der Waals surface area contributed by atoms with Crippen LogP contribution in [0.5, 0.6) is 0 Å². The quantitative estimate of drug-likeness (QED) is 0.742. The van der Waals surface area contributed by atoms with Gasteiger partial charge in [-0.25, -0.2) is 0 Å². The van der Waals surface area contributed by atoms with Crippen molar-refractivity contribution in [1.82, 2.24) is 4.90 Å². The minimum absolute atomic E-state index is 0.148. The monoisotopic (exact) mass is 396 g/mol. The third-order valence-electron chi connectivity index (χ3n) is 5.89. The summed E-state index contributed by atoms with van der Waals surface area (Å²) in [7, 11) is 0. The fraction of sp³-hybridized carbons (Fsp3) is 0.458. The van der Waals surface area contributed by atoms with Crippen molar-refractivity contribution >= 4 is 18.5 Å². The van der Waals surface area contributed by atoms with E-state index in [4.69, 9.17) is 5.73 Å². The van der Waals surface area contributed by atoms with E-state index in [2.05, 4.69) is 66.9 Å². The van der Waals surface area contributed by atoms with Gasteiger partial charge in [0, 0.05) is 25.0 Å². The molecule has 2 aromatic carbocycles. The fourth-order valence-electron chi connectivity index (χ4n) is 4.25. The molecule has 3 atom stereocenters. The van der Waals surface area contributed by atoms with Crippen molar-refractivity contribution in [3.05, 3.63) is 59.7 Å². The Kier molecular flexibility index (Phi) is 7.19. The first-order chi connectivity index (χ1) is 13.6. The van der Waals surface area contributed by atoms with E-state index in [1.807, 2.05) is 6.07 Å². The van der Waals surface area contributed by atoms with Gasteiger partial charge < -0.3 is 10.6 Å². The minimum atomic E-state index is 0.148. The van der Waals surface area contributed by atoms with Gasteiger partial charge in [-0.3, -0.25) is 4.79 Å². The Morgan fingerprint density at radius 1 is 1.07 bits per heavy atom. The Morgan fingerprint density at radius 3 is 2.57 bits per heavy atom. The second kappa shape index (κ2) is 9.62. The summed E-state index contributed by atoms with van der Waals surface area (Å²) in [5.74, 6) is 0.841. The van der Waals surface area contributed by atoms with Gasteiger partial charge in [-0.05, 0) is 61.5 Å². The molecule has 1 saturated heterocycles. The van der Waals surface area contributed by atoms with Gasteiger partial charge in [0.15, 0.2) is 0 Å². The first-order valence-electron chi connectivity index (χ1n) is 10.3. The number of carbonyl (C=O) groups excluding carboxylic acids is 1. The molecule has 1 saturated carbocycles. The summed E-state index contributed by atoms with van der Waals surface area (Å²) < 4.78 is 0. The van der Waals surface area contributed by atoms with E-state index in [-0.39, 0.29) is 12.0 Å². The van der Waals surface area contributed by atoms with Gasteiger partial charge >= 0.3 is 0 Å². The molecule has 0 spiro atoms. The molecule has 0 bridgehead atoms. The summed E-state index contributed by atoms with van der Waals surface area (Å²) >= 11 is 3.53. The average molecular weight is 397 g/mol. The number of benzene rings is 2. The average Bonchev–Trinajstić information content (AvgIpc) is 3.54. The van der Waals surface area contributed by atoms with Crippen LogP contribution in [-0.2, 0) is 4.79 Å². The van der Waals surface area contributed by atoms with Crippen molar-refractivity contribution in [3.63, 3.8) is 0 Å². The summed E-state index contributed by atoms with van der Waals surface area (Å²) in [6.45, 7) is 3.82. The normalized spacial score (nSPS) is 24.0. The molecular formula is C24H32N2OS. The van der Waals surface area contributed by atoms with Crippen LogP contribution in [0.3, 0.4) is 0 Å². The van der Waals surface area contributed by atoms with Crippen LogP contribution in [0.15, 0.2) is 48.5 Å². The Balaban J connectivity index is 0.00000109. The van der Waals surface area contributed by atoms with Crippen LogP contribution in [0, 0.1) is 12.8 Å². The molecule has 2 N–H and O–H groups in total. The lowest BCUT2D eigenvalue weighted by atomic mass is 9.94. The lowest BCUT2D eigenvalue weighted by Gasteiger charge is -2.21. The van der Waals surface area contributed by atoms with E-state index in [1.54, 1.807) is 6.26 Å². The van der Waals surface area contributed by atoms with E-state index >= 15 is 0 Å². The highest BCUT2D eigenvalue weighted by molar-refractivity contribution is 7.79. The van der Waals surface area contributed by atoms with Crippen molar-refractivity contribution in [3.8, 4) is 11.1 Å². The number of nitrogens with two attached hydrogens (primary N) is 1. The Hall–Kier alpha value is -1.78. The molecule has 1 aliphatic carbocycles. The predicted molar refractivity (Wildman–Crippen MR) is 121 cm³/mol. The van der Waals surface area contributed by atoms with Gasteiger partial charge in [0.1, 0.15) is 0 Å². The van der Waals surface area contributed by atoms with Crippen LogP contribution in [0.4, 0.5) is 0 Å². The number of nitrogens with zero attached hydrogens (tertiary/aromatic N) is 1. The molecule has 1 aliphatic heterocycles. The second-order valence-electron chi connectivity index (χ2n) is 7.92. The van der Waals surface area contributed by atoms with E-state index < -0.39 is 0 Å². The SMILES string of the molecule is CS.Cc1ccc(C2CC2C(=O)N2CCCC(N)CC2)c(-c2ccccc2)c1. The fourth-order valence-corrected chi connectivity index (χ4v) is 4.25. The highest BCUT2D eigenvalue weighted by Crippen LogP contribution is 2.51. The molecule has 2 fully saturated rings. The molecule has 4 rings (SSSR count). The smallest absolute Gasteiger partial charge is 0.226 e. The molecule has 150 valence electrons. The number of thiol groups is 1. The molecule has 1 amide bonds. The van der Waals surface area contributed by atoms with Crippen molar-refractivity contribution in [2.75, 3.05) is 19.3 Å². The number of hydrogen-bond donors (Lipinski definition) is 2. The molecular weight excluding hydrogens is 364 g/mol. The number of hydrogen-bond acceptors (Lipinski definition) is 3. The maximum atomic E-state index is 13.0. The second-order valence-corrected chi connectivity index (χ2v) is 7.92. The summed E-state index contributed by atoms with van der Waals surface area (Å²) in [5, 5.41) is 0. The first-order valence-corrected chi connectivity index (χ1v) is 11.2. The largest absolute Gasteiger partial charge is 0.342 e. The number of carbonyl (C=O) groups is 1. The third-order valence-corrected chi connectivity index (χ3v) is 5.89. The van der Waals surface area contributed by atoms with Crippen LogP contribution in [0.25, 0.3) is 11.1 Å². The van der Waals surface area contributed by atoms with Gasteiger partial charge in [0.2, 0.25) is 5.91 Å². The molecule has 2 aromatic rings. The molecule has 1 heterocycles. The van der Waals surface area contributed by atoms with E-state index in [1.165, 1.54) is 22.3 Å². The Bertz CT molecular complexity index is 792. The third kappa shape index (κ3) is 4.79. The van der Waals surface area contributed by atoms with Crippen LogP contribution < -0.4 is 5.73 Å². The maximum absolute atomic E-state index is 13.0. The zero-order valence-corrected chi connectivity index (χ0v) is 17.9. The minimum Gasteiger partial charge on any atom is -0.342 e. The Morgan fingerprint density at radius 2 is 1.82 bits per heavy atom. The van der Waals surface area contributed by atoms with Crippen molar-refractivity contribution in [1.29, 1.82) is 0 Å². The topological polar surface area (TPSA) is 46.3 Å². The number of likely N-dealkylation sites (tertiary alicyclic amines) is 1. The number of rotatable bonds is 3. The van der Waals surface area contributed by atoms with Crippen LogP contribution in [0.2, 0.25) is 0 Å². The van der Waals surface area contributed by atoms with E-state index in [9.17, 15) is 4.79 Å². The number of amides is 1. The van der Waals surface area contributed by atoms with Gasteiger partial charge in [-0.2, -0.15) is 12.6 Å². The van der Waals surface area contributed by atoms with Crippen molar-refractivity contribution < 1.29 is 4.79 Å². The molecule has 28 heavy (non-hydrogen) atoms. The van der Waals surface area contributed by atoms with Gasteiger partial charge in [-0.15, -0.1) is 0 Å². The van der Waals surface area contributed by atoms with E-state index in [0.717, 1.165) is 38.8 Å². The van der Waals surface area contributed by atoms with Crippen LogP contribution in [0.1, 0.15) is 42.7 Å². The van der Waals surface area contributed by atoms with Gasteiger partial charge in [0.25, 0.3) is 0 Å². The molecule has 3 nitrogen and oxygen atoms in total. The zero-order chi connectivity index (χ0) is 20.1. The molecule has 0 aromatic heterocycles. The molecule has 0 radical (unpaired) electrons. The van der Waals surface area contributed by atoms with E-state index in [0.29, 0.717) is 11.8 Å². The van der Waals surface area contributed by atoms with Crippen molar-refractivity contribution in [2.45, 2.75) is 44.6 Å². The predicted octanol–water partition coefficient (Wildman–Crippen LogP) is 4.65. The van der Waals surface area contributed by atoms with Crippen LogP contribution >= 0.6 is 12.6 Å². The Labute approximate surface area is 174 Å². The van der Waals surface area contributed by atoms with Gasteiger partial charge in [0.05, 0.1) is 0 Å². The highest BCUT2D eigenvalue weighted by atomic mass is 32.1. The summed E-state index contributed by atoms with van der Waals surface area (Å²) in [6.07, 6.45) is 5.67. The zero-order valence-electron chi connectivity index (χ0n) is 17.0. The highest BCUT2D eigenvalue weighted by Gasteiger charge is 2.46. The summed E-state index contributed by atoms with van der Waals surface area (Å²) in [5.41, 5.74) is 11.2. The summed E-state index contributed by atoms with van der Waals surface area (Å²) in [6, 6.07) is 17.4. The van der Waals surface area contributed by atoms with Crippen LogP contribution in [-0.4, -0.2) is 36.2 Å². The molecule has 4 heteroatoms. The van der Waals surface area contributed by atoms with Crippen molar-refractivity contribution in [2.24, 2.45) is 11.7 Å². The number of aryl methyl sites for hydroxylation is 1. The molecule has 3 unspecified atom stereocenters. The standard InChI is InChI=1S/C23H28N2O.CH4S/c1-16-9-10-19(20(14-16)17-6-3-2-4-7-17)21-15-22(21)23(26)25-12-5-8-18(24)11-13-25;1-2/h2-4,6-7,9-10,14,18,21-22H,5,8,11-13,15,24H2,1H3;2H,1H3. The lowest BCUT2D eigenvalue weighted by Crippen LogP contribution is -2.34. The lowest BCUT2D eigenvalue weighted by molar-refractivity contribution is -0.132.